The first-order valence-electron chi connectivity index (χ1n) is 8.95. The van der Waals surface area contributed by atoms with E-state index in [2.05, 4.69) is 47.7 Å². The van der Waals surface area contributed by atoms with Crippen molar-refractivity contribution in [2.45, 2.75) is 0 Å². The van der Waals surface area contributed by atoms with E-state index in [0.717, 1.165) is 0 Å². The summed E-state index contributed by atoms with van der Waals surface area (Å²) in [6, 6.07) is 16.7. The molecule has 7 nitrogen and oxygen atoms in total. The topological polar surface area (TPSA) is 100 Å². The van der Waals surface area contributed by atoms with E-state index in [4.69, 9.17) is 4.74 Å². The Kier molecular flexibility index (Phi) is 7.43. The van der Waals surface area contributed by atoms with Crippen molar-refractivity contribution in [3.63, 3.8) is 0 Å². The molecule has 3 N–H and O–H groups in total. The molecule has 0 aromatic heterocycles. The lowest BCUT2D eigenvalue weighted by Crippen LogP contribution is -2.18. The fourth-order valence-corrected chi connectivity index (χ4v) is 3.75. The van der Waals surface area contributed by atoms with Crippen LogP contribution in [-0.4, -0.2) is 30.2 Å². The Morgan fingerprint density at radius 3 is 2.35 bits per heavy atom. The molecule has 0 bridgehead atoms. The van der Waals surface area contributed by atoms with Crippen LogP contribution in [0.2, 0.25) is 0 Å². The van der Waals surface area contributed by atoms with E-state index in [9.17, 15) is 14.7 Å². The van der Waals surface area contributed by atoms with Crippen molar-refractivity contribution in [1.29, 1.82) is 0 Å². The van der Waals surface area contributed by atoms with Crippen LogP contribution in [0.3, 0.4) is 0 Å². The van der Waals surface area contributed by atoms with Crippen LogP contribution in [0.25, 0.3) is 0 Å². The number of rotatable bonds is 6. The molecule has 0 atom stereocenters. The van der Waals surface area contributed by atoms with Crippen molar-refractivity contribution in [2.75, 3.05) is 12.4 Å². The minimum atomic E-state index is -0.420. The fourth-order valence-electron chi connectivity index (χ4n) is 2.65. The number of nitrogens with zero attached hydrogens (tertiary/aromatic N) is 1. The Labute approximate surface area is 195 Å². The largest absolute Gasteiger partial charge is 0.504 e. The molecular formula is C22H17Br2N3O4. The molecule has 3 rings (SSSR count). The van der Waals surface area contributed by atoms with Gasteiger partial charge in [-0.15, -0.1) is 0 Å². The normalized spacial score (nSPS) is 10.7. The lowest BCUT2D eigenvalue weighted by Gasteiger charge is -2.08. The van der Waals surface area contributed by atoms with Crippen molar-refractivity contribution >= 4 is 55.6 Å². The van der Waals surface area contributed by atoms with Gasteiger partial charge in [-0.3, -0.25) is 9.59 Å². The molecule has 0 saturated heterocycles. The minimum Gasteiger partial charge on any atom is -0.504 e. The number of benzene rings is 3. The molecule has 0 aliphatic carbocycles. The van der Waals surface area contributed by atoms with E-state index >= 15 is 0 Å². The van der Waals surface area contributed by atoms with E-state index in [1.807, 2.05) is 6.07 Å². The third kappa shape index (κ3) is 5.71. The van der Waals surface area contributed by atoms with Crippen LogP contribution in [0, 0.1) is 0 Å². The molecular weight excluding hydrogens is 530 g/mol. The summed E-state index contributed by atoms with van der Waals surface area (Å²) < 4.78 is 6.31. The van der Waals surface area contributed by atoms with Gasteiger partial charge in [-0.25, -0.2) is 5.43 Å². The maximum absolute atomic E-state index is 12.3. The summed E-state index contributed by atoms with van der Waals surface area (Å²) in [5.74, 6) is -0.419. The number of nitrogens with one attached hydrogen (secondary N) is 2. The Balaban J connectivity index is 1.61. The zero-order chi connectivity index (χ0) is 22.4. The average Bonchev–Trinajstić information content (AvgIpc) is 2.74. The number of phenolic OH excluding ortho intramolecular Hbond substituents is 1. The zero-order valence-electron chi connectivity index (χ0n) is 16.2. The SMILES string of the molecule is COc1c(O)cc(/C=N\NC(=O)c2ccc(NC(=O)c3ccccc3Br)cc2)cc1Br. The van der Waals surface area contributed by atoms with Gasteiger partial charge in [-0.2, -0.15) is 5.10 Å². The number of halogens is 2. The maximum Gasteiger partial charge on any atom is 0.271 e. The summed E-state index contributed by atoms with van der Waals surface area (Å²) in [5, 5.41) is 16.6. The number of anilines is 1. The Morgan fingerprint density at radius 1 is 1.00 bits per heavy atom. The summed E-state index contributed by atoms with van der Waals surface area (Å²) in [7, 11) is 1.45. The molecule has 0 unspecified atom stereocenters. The molecule has 31 heavy (non-hydrogen) atoms. The number of methoxy groups -OCH3 is 1. The predicted octanol–water partition coefficient (Wildman–Crippen LogP) is 4.94. The van der Waals surface area contributed by atoms with Gasteiger partial charge < -0.3 is 15.2 Å². The summed E-state index contributed by atoms with van der Waals surface area (Å²) >= 11 is 6.64. The maximum atomic E-state index is 12.3. The summed E-state index contributed by atoms with van der Waals surface area (Å²) in [4.78, 5) is 24.6. The number of aromatic hydroxyl groups is 1. The number of hydrazone groups is 1. The quantitative estimate of drug-likeness (QED) is 0.301. The number of carbonyl (C=O) groups is 2. The first-order valence-corrected chi connectivity index (χ1v) is 10.5. The summed E-state index contributed by atoms with van der Waals surface area (Å²) in [6.07, 6.45) is 1.40. The van der Waals surface area contributed by atoms with Crippen molar-refractivity contribution in [3.8, 4) is 11.5 Å². The van der Waals surface area contributed by atoms with Gasteiger partial charge in [-0.05, 0) is 86.0 Å². The molecule has 0 spiro atoms. The average molecular weight is 547 g/mol. The van der Waals surface area contributed by atoms with Crippen LogP contribution in [0.1, 0.15) is 26.3 Å². The molecule has 3 aromatic carbocycles. The van der Waals surface area contributed by atoms with Gasteiger partial charge in [0, 0.05) is 15.7 Å². The second-order valence-electron chi connectivity index (χ2n) is 6.27. The van der Waals surface area contributed by atoms with Crippen LogP contribution >= 0.6 is 31.9 Å². The monoisotopic (exact) mass is 545 g/mol. The van der Waals surface area contributed by atoms with Gasteiger partial charge in [0.15, 0.2) is 11.5 Å². The van der Waals surface area contributed by atoms with Crippen molar-refractivity contribution < 1.29 is 19.4 Å². The van der Waals surface area contributed by atoms with Gasteiger partial charge >= 0.3 is 0 Å². The second kappa shape index (κ2) is 10.2. The van der Waals surface area contributed by atoms with Gasteiger partial charge in [0.2, 0.25) is 0 Å². The van der Waals surface area contributed by atoms with Crippen LogP contribution in [-0.2, 0) is 0 Å². The number of amides is 2. The molecule has 0 aliphatic heterocycles. The van der Waals surface area contributed by atoms with E-state index in [1.54, 1.807) is 48.5 Å². The Bertz CT molecular complexity index is 1120. The van der Waals surface area contributed by atoms with Gasteiger partial charge in [0.25, 0.3) is 11.8 Å². The number of ether oxygens (including phenoxy) is 1. The molecule has 0 radical (unpaired) electrons. The van der Waals surface area contributed by atoms with E-state index < -0.39 is 5.91 Å². The predicted molar refractivity (Wildman–Crippen MR) is 126 cm³/mol. The standard InChI is InChI=1S/C22H17Br2N3O4/c1-31-20-18(24)10-13(11-19(20)28)12-25-27-21(29)14-6-8-15(9-7-14)26-22(30)16-4-2-3-5-17(16)23/h2-12,28H,1H3,(H,26,30)(H,27,29)/b25-12-. The van der Waals surface area contributed by atoms with E-state index in [0.29, 0.717) is 37.1 Å². The lowest BCUT2D eigenvalue weighted by molar-refractivity contribution is 0.0954. The first kappa shape index (κ1) is 22.5. The van der Waals surface area contributed by atoms with Crippen molar-refractivity contribution in [1.82, 2.24) is 5.43 Å². The van der Waals surface area contributed by atoms with Crippen LogP contribution in [0.4, 0.5) is 5.69 Å². The highest BCUT2D eigenvalue weighted by Gasteiger charge is 2.11. The highest BCUT2D eigenvalue weighted by Crippen LogP contribution is 2.34. The molecule has 0 aliphatic rings. The summed E-state index contributed by atoms with van der Waals surface area (Å²) in [5.41, 5.74) is 4.42. The Morgan fingerprint density at radius 2 is 1.71 bits per heavy atom. The van der Waals surface area contributed by atoms with Gasteiger partial charge in [-0.1, -0.05) is 12.1 Å². The molecule has 0 fully saturated rings. The molecule has 9 heteroatoms. The molecule has 158 valence electrons. The van der Waals surface area contributed by atoms with E-state index in [1.165, 1.54) is 19.4 Å². The fraction of sp³-hybridized carbons (Fsp3) is 0.0455. The lowest BCUT2D eigenvalue weighted by atomic mass is 10.1. The number of carbonyl (C=O) groups excluding carboxylic acids is 2. The van der Waals surface area contributed by atoms with E-state index in [-0.39, 0.29) is 11.7 Å². The Hall–Kier alpha value is -3.17. The highest BCUT2D eigenvalue weighted by molar-refractivity contribution is 9.10. The molecule has 2 amide bonds. The second-order valence-corrected chi connectivity index (χ2v) is 7.97. The van der Waals surface area contributed by atoms with Crippen LogP contribution in [0.15, 0.2) is 74.7 Å². The minimum absolute atomic E-state index is 0.0511. The molecule has 0 saturated carbocycles. The number of hydrogen-bond donors (Lipinski definition) is 3. The zero-order valence-corrected chi connectivity index (χ0v) is 19.4. The highest BCUT2D eigenvalue weighted by atomic mass is 79.9. The summed E-state index contributed by atoms with van der Waals surface area (Å²) in [6.45, 7) is 0. The number of phenols is 1. The van der Waals surface area contributed by atoms with Gasteiger partial charge in [0.05, 0.1) is 23.4 Å². The third-order valence-corrected chi connectivity index (χ3v) is 5.43. The smallest absolute Gasteiger partial charge is 0.271 e. The van der Waals surface area contributed by atoms with Crippen LogP contribution < -0.4 is 15.5 Å². The van der Waals surface area contributed by atoms with Crippen molar-refractivity contribution in [2.24, 2.45) is 5.10 Å². The van der Waals surface area contributed by atoms with Gasteiger partial charge in [0.1, 0.15) is 0 Å². The van der Waals surface area contributed by atoms with Crippen LogP contribution in [0.5, 0.6) is 11.5 Å². The first-order chi connectivity index (χ1) is 14.9. The number of hydrogen-bond acceptors (Lipinski definition) is 5. The van der Waals surface area contributed by atoms with Crippen molar-refractivity contribution in [3.05, 3.63) is 86.3 Å². The molecule has 0 heterocycles. The molecule has 3 aromatic rings. The third-order valence-electron chi connectivity index (χ3n) is 4.15.